The van der Waals surface area contributed by atoms with Gasteiger partial charge in [0.25, 0.3) is 0 Å². The van der Waals surface area contributed by atoms with Crippen molar-refractivity contribution in [2.45, 2.75) is 19.3 Å². The molecule has 16 heavy (non-hydrogen) atoms. The zero-order valence-corrected chi connectivity index (χ0v) is 10.3. The number of hydrogen-bond donors (Lipinski definition) is 2. The van der Waals surface area contributed by atoms with Gasteiger partial charge in [-0.1, -0.05) is 29.3 Å². The molecule has 5 heteroatoms. The van der Waals surface area contributed by atoms with Crippen LogP contribution in [0.5, 0.6) is 0 Å². The van der Waals surface area contributed by atoms with Gasteiger partial charge in [-0.25, -0.2) is 0 Å². The van der Waals surface area contributed by atoms with Gasteiger partial charge in [-0.2, -0.15) is 0 Å². The lowest BCUT2D eigenvalue weighted by molar-refractivity contribution is -0.116. The molecule has 0 saturated carbocycles. The largest absolute Gasteiger partial charge is 0.330 e. The van der Waals surface area contributed by atoms with E-state index >= 15 is 0 Å². The average Bonchev–Trinajstić information content (AvgIpc) is 2.24. The van der Waals surface area contributed by atoms with Gasteiger partial charge in [0.05, 0.1) is 15.7 Å². The summed E-state index contributed by atoms with van der Waals surface area (Å²) in [5.41, 5.74) is 5.82. The molecular formula is C11H14Cl2N2O. The van der Waals surface area contributed by atoms with Gasteiger partial charge < -0.3 is 11.1 Å². The molecule has 1 rings (SSSR count). The third-order valence-electron chi connectivity index (χ3n) is 2.09. The Hall–Kier alpha value is -0.770. The normalized spacial score (nSPS) is 10.2. The van der Waals surface area contributed by atoms with Crippen molar-refractivity contribution in [1.29, 1.82) is 0 Å². The first-order valence-electron chi connectivity index (χ1n) is 5.09. The topological polar surface area (TPSA) is 55.1 Å². The molecule has 0 bridgehead atoms. The van der Waals surface area contributed by atoms with Gasteiger partial charge in [0, 0.05) is 6.42 Å². The standard InChI is InChI=1S/C11H14Cl2N2O/c12-8-4-3-5-9(13)11(8)15-10(16)6-1-2-7-14/h3-5H,1-2,6-7,14H2,(H,15,16). The molecule has 1 aromatic carbocycles. The van der Waals surface area contributed by atoms with Crippen LogP contribution in [-0.2, 0) is 4.79 Å². The number of nitrogens with two attached hydrogens (primary N) is 1. The van der Waals surface area contributed by atoms with Crippen molar-refractivity contribution in [3.63, 3.8) is 0 Å². The van der Waals surface area contributed by atoms with Crippen LogP contribution in [0.4, 0.5) is 5.69 Å². The maximum absolute atomic E-state index is 11.5. The van der Waals surface area contributed by atoms with Crippen molar-refractivity contribution in [3.05, 3.63) is 28.2 Å². The van der Waals surface area contributed by atoms with E-state index in [1.165, 1.54) is 0 Å². The Kier molecular flexibility index (Phi) is 5.60. The summed E-state index contributed by atoms with van der Waals surface area (Å²) in [6, 6.07) is 5.10. The number of hydrogen-bond acceptors (Lipinski definition) is 2. The molecule has 0 heterocycles. The Labute approximate surface area is 105 Å². The molecule has 0 unspecified atom stereocenters. The van der Waals surface area contributed by atoms with E-state index in [1.807, 2.05) is 0 Å². The number of nitrogens with one attached hydrogen (secondary N) is 1. The second kappa shape index (κ2) is 6.74. The van der Waals surface area contributed by atoms with Crippen LogP contribution < -0.4 is 11.1 Å². The van der Waals surface area contributed by atoms with Crippen molar-refractivity contribution in [2.24, 2.45) is 5.73 Å². The van der Waals surface area contributed by atoms with Crippen LogP contribution in [0.25, 0.3) is 0 Å². The monoisotopic (exact) mass is 260 g/mol. The SMILES string of the molecule is NCCCCC(=O)Nc1c(Cl)cccc1Cl. The van der Waals surface area contributed by atoms with Gasteiger partial charge in [0.2, 0.25) is 5.91 Å². The second-order valence-electron chi connectivity index (χ2n) is 3.39. The van der Waals surface area contributed by atoms with Crippen molar-refractivity contribution in [1.82, 2.24) is 0 Å². The van der Waals surface area contributed by atoms with Gasteiger partial charge in [-0.3, -0.25) is 4.79 Å². The van der Waals surface area contributed by atoms with Crippen LogP contribution >= 0.6 is 23.2 Å². The maximum Gasteiger partial charge on any atom is 0.224 e. The number of amides is 1. The number of anilines is 1. The van der Waals surface area contributed by atoms with Crippen LogP contribution in [0.3, 0.4) is 0 Å². The highest BCUT2D eigenvalue weighted by atomic mass is 35.5. The van der Waals surface area contributed by atoms with E-state index in [9.17, 15) is 4.79 Å². The summed E-state index contributed by atoms with van der Waals surface area (Å²) in [6.07, 6.45) is 2.03. The first-order chi connectivity index (χ1) is 7.65. The van der Waals surface area contributed by atoms with E-state index in [0.29, 0.717) is 28.7 Å². The molecule has 0 fully saturated rings. The Morgan fingerprint density at radius 2 is 1.88 bits per heavy atom. The molecule has 0 aliphatic rings. The first-order valence-corrected chi connectivity index (χ1v) is 5.84. The molecule has 0 aliphatic carbocycles. The molecule has 0 spiro atoms. The molecular weight excluding hydrogens is 247 g/mol. The number of para-hydroxylation sites is 1. The number of carbonyl (C=O) groups is 1. The summed E-state index contributed by atoms with van der Waals surface area (Å²) < 4.78 is 0. The summed E-state index contributed by atoms with van der Waals surface area (Å²) >= 11 is 11.8. The van der Waals surface area contributed by atoms with Crippen LogP contribution in [-0.4, -0.2) is 12.5 Å². The fraction of sp³-hybridized carbons (Fsp3) is 0.364. The molecule has 0 atom stereocenters. The van der Waals surface area contributed by atoms with Gasteiger partial charge in [0.15, 0.2) is 0 Å². The highest BCUT2D eigenvalue weighted by Crippen LogP contribution is 2.29. The van der Waals surface area contributed by atoms with Crippen molar-refractivity contribution >= 4 is 34.8 Å². The molecule has 1 amide bonds. The lowest BCUT2D eigenvalue weighted by atomic mass is 10.2. The molecule has 1 aromatic rings. The minimum atomic E-state index is -0.0940. The van der Waals surface area contributed by atoms with Gasteiger partial charge in [0.1, 0.15) is 0 Å². The van der Waals surface area contributed by atoms with E-state index in [2.05, 4.69) is 5.32 Å². The van der Waals surface area contributed by atoms with Gasteiger partial charge in [-0.15, -0.1) is 0 Å². The number of carbonyl (C=O) groups excluding carboxylic acids is 1. The predicted octanol–water partition coefficient (Wildman–Crippen LogP) is 3.06. The van der Waals surface area contributed by atoms with E-state index in [0.717, 1.165) is 12.8 Å². The zero-order chi connectivity index (χ0) is 12.0. The Morgan fingerprint density at radius 1 is 1.25 bits per heavy atom. The van der Waals surface area contributed by atoms with E-state index in [4.69, 9.17) is 28.9 Å². The molecule has 0 aliphatic heterocycles. The lowest BCUT2D eigenvalue weighted by Crippen LogP contribution is -2.12. The molecule has 88 valence electrons. The molecule has 0 radical (unpaired) electrons. The van der Waals surface area contributed by atoms with Crippen LogP contribution in [0.15, 0.2) is 18.2 Å². The third kappa shape index (κ3) is 4.00. The van der Waals surface area contributed by atoms with Crippen molar-refractivity contribution in [2.75, 3.05) is 11.9 Å². The van der Waals surface area contributed by atoms with E-state index in [-0.39, 0.29) is 5.91 Å². The summed E-state index contributed by atoms with van der Waals surface area (Å²) in [6.45, 7) is 0.597. The van der Waals surface area contributed by atoms with Crippen molar-refractivity contribution < 1.29 is 4.79 Å². The summed E-state index contributed by atoms with van der Waals surface area (Å²) in [7, 11) is 0. The van der Waals surface area contributed by atoms with Crippen LogP contribution in [0, 0.1) is 0 Å². The minimum absolute atomic E-state index is 0.0940. The second-order valence-corrected chi connectivity index (χ2v) is 4.21. The minimum Gasteiger partial charge on any atom is -0.330 e. The summed E-state index contributed by atoms with van der Waals surface area (Å²) in [5.74, 6) is -0.0940. The zero-order valence-electron chi connectivity index (χ0n) is 8.80. The molecule has 0 saturated heterocycles. The fourth-order valence-electron chi connectivity index (χ4n) is 1.25. The smallest absolute Gasteiger partial charge is 0.224 e. The highest BCUT2D eigenvalue weighted by molar-refractivity contribution is 6.39. The third-order valence-corrected chi connectivity index (χ3v) is 2.72. The molecule has 3 nitrogen and oxygen atoms in total. The predicted molar refractivity (Wildman–Crippen MR) is 68.0 cm³/mol. The average molecular weight is 261 g/mol. The number of halogens is 2. The van der Waals surface area contributed by atoms with Crippen LogP contribution in [0.1, 0.15) is 19.3 Å². The quantitative estimate of drug-likeness (QED) is 0.800. The first kappa shape index (κ1) is 13.3. The summed E-state index contributed by atoms with van der Waals surface area (Å²) in [4.78, 5) is 11.5. The highest BCUT2D eigenvalue weighted by Gasteiger charge is 2.08. The molecule has 0 aromatic heterocycles. The van der Waals surface area contributed by atoms with Crippen LogP contribution in [0.2, 0.25) is 10.0 Å². The number of unbranched alkanes of at least 4 members (excludes halogenated alkanes) is 1. The number of rotatable bonds is 5. The number of benzene rings is 1. The lowest BCUT2D eigenvalue weighted by Gasteiger charge is -2.08. The summed E-state index contributed by atoms with van der Waals surface area (Å²) in [5, 5.41) is 3.58. The van der Waals surface area contributed by atoms with E-state index < -0.39 is 0 Å². The van der Waals surface area contributed by atoms with E-state index in [1.54, 1.807) is 18.2 Å². The Bertz CT molecular complexity index is 349. The van der Waals surface area contributed by atoms with Gasteiger partial charge in [-0.05, 0) is 31.5 Å². The fourth-order valence-corrected chi connectivity index (χ4v) is 1.74. The Morgan fingerprint density at radius 3 is 2.44 bits per heavy atom. The van der Waals surface area contributed by atoms with Gasteiger partial charge >= 0.3 is 0 Å². The maximum atomic E-state index is 11.5. The Balaban J connectivity index is 2.56. The van der Waals surface area contributed by atoms with Crippen molar-refractivity contribution in [3.8, 4) is 0 Å². The molecule has 3 N–H and O–H groups in total.